The number of halogens is 3. The summed E-state index contributed by atoms with van der Waals surface area (Å²) >= 11 is 0. The molecular weight excluding hydrogens is 265 g/mol. The Bertz CT molecular complexity index is 455. The molecule has 0 spiro atoms. The Morgan fingerprint density at radius 2 is 1.80 bits per heavy atom. The van der Waals surface area contributed by atoms with Crippen molar-refractivity contribution in [2.75, 3.05) is 13.1 Å². The summed E-state index contributed by atoms with van der Waals surface area (Å²) in [5.41, 5.74) is 6.21. The van der Waals surface area contributed by atoms with Crippen LogP contribution in [0, 0.1) is 23.4 Å². The van der Waals surface area contributed by atoms with Crippen molar-refractivity contribution in [1.29, 1.82) is 0 Å². The average molecular weight is 286 g/mol. The summed E-state index contributed by atoms with van der Waals surface area (Å²) in [6.45, 7) is 5.33. The molecular formula is C15H21F3N2. The first-order valence-corrected chi connectivity index (χ1v) is 7.04. The van der Waals surface area contributed by atoms with Gasteiger partial charge in [-0.15, -0.1) is 0 Å². The van der Waals surface area contributed by atoms with Crippen molar-refractivity contribution in [2.24, 2.45) is 11.7 Å². The molecule has 1 aromatic rings. The van der Waals surface area contributed by atoms with E-state index < -0.39 is 17.5 Å². The molecule has 1 heterocycles. The van der Waals surface area contributed by atoms with Gasteiger partial charge in [0.15, 0.2) is 17.5 Å². The minimum atomic E-state index is -1.43. The van der Waals surface area contributed by atoms with Crippen LogP contribution in [-0.2, 0) is 0 Å². The molecule has 0 aliphatic carbocycles. The SMILES string of the molecule is CC1CCC(C)N(C(CN)c2cc(F)c(F)c(F)c2)C1. The van der Waals surface area contributed by atoms with Crippen molar-refractivity contribution in [3.63, 3.8) is 0 Å². The fourth-order valence-corrected chi connectivity index (χ4v) is 2.99. The van der Waals surface area contributed by atoms with Crippen molar-refractivity contribution >= 4 is 0 Å². The monoisotopic (exact) mass is 286 g/mol. The molecule has 2 N–H and O–H groups in total. The second-order valence-electron chi connectivity index (χ2n) is 5.78. The fraction of sp³-hybridized carbons (Fsp3) is 0.600. The molecule has 0 amide bonds. The maximum Gasteiger partial charge on any atom is 0.194 e. The van der Waals surface area contributed by atoms with Gasteiger partial charge in [0, 0.05) is 25.2 Å². The molecule has 5 heteroatoms. The van der Waals surface area contributed by atoms with Gasteiger partial charge in [-0.05, 0) is 43.4 Å². The summed E-state index contributed by atoms with van der Waals surface area (Å²) in [6, 6.07) is 2.14. The molecule has 0 saturated carbocycles. The van der Waals surface area contributed by atoms with Crippen molar-refractivity contribution in [3.8, 4) is 0 Å². The van der Waals surface area contributed by atoms with Gasteiger partial charge in [0.05, 0.1) is 0 Å². The fourth-order valence-electron chi connectivity index (χ4n) is 2.99. The normalized spacial score (nSPS) is 25.7. The lowest BCUT2D eigenvalue weighted by Crippen LogP contribution is -2.45. The smallest absolute Gasteiger partial charge is 0.194 e. The Morgan fingerprint density at radius 3 is 2.35 bits per heavy atom. The molecule has 0 bridgehead atoms. The highest BCUT2D eigenvalue weighted by Crippen LogP contribution is 2.31. The lowest BCUT2D eigenvalue weighted by atomic mass is 9.91. The number of piperidine rings is 1. The number of benzene rings is 1. The third-order valence-corrected chi connectivity index (χ3v) is 4.18. The topological polar surface area (TPSA) is 29.3 Å². The van der Waals surface area contributed by atoms with Crippen molar-refractivity contribution in [2.45, 2.75) is 38.8 Å². The van der Waals surface area contributed by atoms with E-state index in [4.69, 9.17) is 5.73 Å². The molecule has 0 aromatic heterocycles. The molecule has 2 rings (SSSR count). The highest BCUT2D eigenvalue weighted by molar-refractivity contribution is 5.23. The Balaban J connectivity index is 2.32. The van der Waals surface area contributed by atoms with E-state index in [-0.39, 0.29) is 12.6 Å². The zero-order valence-corrected chi connectivity index (χ0v) is 11.9. The van der Waals surface area contributed by atoms with Gasteiger partial charge >= 0.3 is 0 Å². The minimum Gasteiger partial charge on any atom is -0.329 e. The first-order chi connectivity index (χ1) is 9.43. The van der Waals surface area contributed by atoms with E-state index in [1.54, 1.807) is 0 Å². The first kappa shape index (κ1) is 15.3. The van der Waals surface area contributed by atoms with Gasteiger partial charge in [0.2, 0.25) is 0 Å². The highest BCUT2D eigenvalue weighted by Gasteiger charge is 2.30. The van der Waals surface area contributed by atoms with Crippen LogP contribution < -0.4 is 5.73 Å². The minimum absolute atomic E-state index is 0.252. The van der Waals surface area contributed by atoms with Crippen molar-refractivity contribution < 1.29 is 13.2 Å². The second-order valence-corrected chi connectivity index (χ2v) is 5.78. The molecule has 1 aliphatic heterocycles. The summed E-state index contributed by atoms with van der Waals surface area (Å²) < 4.78 is 39.9. The number of nitrogens with zero attached hydrogens (tertiary/aromatic N) is 1. The van der Waals surface area contributed by atoms with Crippen molar-refractivity contribution in [1.82, 2.24) is 4.90 Å². The molecule has 0 radical (unpaired) electrons. The van der Waals surface area contributed by atoms with Gasteiger partial charge in [-0.25, -0.2) is 13.2 Å². The predicted octanol–water partition coefficient (Wildman–Crippen LogP) is 3.22. The molecule has 1 aromatic carbocycles. The Labute approximate surface area is 117 Å². The van der Waals surface area contributed by atoms with Crippen LogP contribution in [0.1, 0.15) is 38.3 Å². The molecule has 1 saturated heterocycles. The zero-order chi connectivity index (χ0) is 14.9. The summed E-state index contributed by atoms with van der Waals surface area (Å²) in [4.78, 5) is 2.17. The Kier molecular flexibility index (Phi) is 4.70. The number of nitrogens with two attached hydrogens (primary N) is 1. The number of hydrogen-bond acceptors (Lipinski definition) is 2. The number of rotatable bonds is 3. The first-order valence-electron chi connectivity index (χ1n) is 7.04. The maximum absolute atomic E-state index is 13.4. The van der Waals surface area contributed by atoms with Crippen molar-refractivity contribution in [3.05, 3.63) is 35.1 Å². The zero-order valence-electron chi connectivity index (χ0n) is 11.9. The van der Waals surface area contributed by atoms with Crippen LogP contribution in [0.25, 0.3) is 0 Å². The largest absolute Gasteiger partial charge is 0.329 e. The standard InChI is InChI=1S/C15H21F3N2/c1-9-3-4-10(2)20(8-9)14(7-19)11-5-12(16)15(18)13(17)6-11/h5-6,9-10,14H,3-4,7-8,19H2,1-2H3. The number of likely N-dealkylation sites (tertiary alicyclic amines) is 1. The molecule has 1 fully saturated rings. The number of hydrogen-bond donors (Lipinski definition) is 1. The van der Waals surface area contributed by atoms with Crippen LogP contribution >= 0.6 is 0 Å². The summed E-state index contributed by atoms with van der Waals surface area (Å²) in [7, 11) is 0. The van der Waals surface area contributed by atoms with E-state index in [0.717, 1.165) is 31.5 Å². The van der Waals surface area contributed by atoms with E-state index in [1.807, 2.05) is 0 Å². The lowest BCUT2D eigenvalue weighted by molar-refractivity contribution is 0.0794. The highest BCUT2D eigenvalue weighted by atomic mass is 19.2. The van der Waals surface area contributed by atoms with Crippen LogP contribution in [0.2, 0.25) is 0 Å². The van der Waals surface area contributed by atoms with E-state index in [9.17, 15) is 13.2 Å². The van der Waals surface area contributed by atoms with Crippen LogP contribution in [0.3, 0.4) is 0 Å². The third kappa shape index (κ3) is 2.99. The third-order valence-electron chi connectivity index (χ3n) is 4.18. The lowest BCUT2D eigenvalue weighted by Gasteiger charge is -2.42. The van der Waals surface area contributed by atoms with E-state index in [2.05, 4.69) is 18.7 Å². The van der Waals surface area contributed by atoms with Gasteiger partial charge in [-0.2, -0.15) is 0 Å². The predicted molar refractivity (Wildman–Crippen MR) is 72.7 cm³/mol. The van der Waals surface area contributed by atoms with Crippen LogP contribution in [0.4, 0.5) is 13.2 Å². The van der Waals surface area contributed by atoms with Crippen LogP contribution in [-0.4, -0.2) is 24.0 Å². The Morgan fingerprint density at radius 1 is 1.20 bits per heavy atom. The van der Waals surface area contributed by atoms with Gasteiger partial charge in [0.25, 0.3) is 0 Å². The average Bonchev–Trinajstić information content (AvgIpc) is 2.40. The Hall–Kier alpha value is -1.07. The molecule has 2 nitrogen and oxygen atoms in total. The molecule has 3 atom stereocenters. The molecule has 1 aliphatic rings. The summed E-state index contributed by atoms with van der Waals surface area (Å²) in [5, 5.41) is 0. The van der Waals surface area contributed by atoms with Gasteiger partial charge < -0.3 is 5.73 Å². The quantitative estimate of drug-likeness (QED) is 0.864. The van der Waals surface area contributed by atoms with E-state index >= 15 is 0 Å². The van der Waals surface area contributed by atoms with E-state index in [0.29, 0.717) is 17.5 Å². The van der Waals surface area contributed by atoms with Gasteiger partial charge in [-0.1, -0.05) is 6.92 Å². The van der Waals surface area contributed by atoms with Gasteiger partial charge in [-0.3, -0.25) is 4.90 Å². The second kappa shape index (κ2) is 6.14. The molecule has 20 heavy (non-hydrogen) atoms. The maximum atomic E-state index is 13.4. The summed E-state index contributed by atoms with van der Waals surface area (Å²) in [6.07, 6.45) is 2.17. The molecule has 112 valence electrons. The van der Waals surface area contributed by atoms with Gasteiger partial charge in [0.1, 0.15) is 0 Å². The van der Waals surface area contributed by atoms with E-state index in [1.165, 1.54) is 0 Å². The van der Waals surface area contributed by atoms with Crippen LogP contribution in [0.15, 0.2) is 12.1 Å². The summed E-state index contributed by atoms with van der Waals surface area (Å²) in [5.74, 6) is -3.22. The van der Waals surface area contributed by atoms with Crippen LogP contribution in [0.5, 0.6) is 0 Å². The molecule has 3 unspecified atom stereocenters.